The van der Waals surface area contributed by atoms with Gasteiger partial charge < -0.3 is 14.5 Å². The highest BCUT2D eigenvalue weighted by Crippen LogP contribution is 2.34. The molecule has 0 bridgehead atoms. The normalized spacial score (nSPS) is 23.4. The highest BCUT2D eigenvalue weighted by molar-refractivity contribution is 6.05. The van der Waals surface area contributed by atoms with E-state index in [1.54, 1.807) is 18.2 Å². The third-order valence-electron chi connectivity index (χ3n) is 8.64. The molecule has 2 unspecified atom stereocenters. The fourth-order valence-corrected chi connectivity index (χ4v) is 6.49. The number of carbonyl (C=O) groups is 3. The van der Waals surface area contributed by atoms with Crippen molar-refractivity contribution in [2.45, 2.75) is 50.6 Å². The fourth-order valence-electron chi connectivity index (χ4n) is 6.49. The summed E-state index contributed by atoms with van der Waals surface area (Å²) in [7, 11) is 0. The zero-order valence-electron chi connectivity index (χ0n) is 22.8. The Hall–Kier alpha value is -3.85. The Morgan fingerprint density at radius 3 is 2.63 bits per heavy atom. The van der Waals surface area contributed by atoms with Crippen molar-refractivity contribution in [3.63, 3.8) is 0 Å². The molecule has 7 nitrogen and oxygen atoms in total. The molecule has 2 aromatic rings. The summed E-state index contributed by atoms with van der Waals surface area (Å²) in [5, 5.41) is 2.33. The molecule has 1 aliphatic carbocycles. The summed E-state index contributed by atoms with van der Waals surface area (Å²) in [5.41, 5.74) is 2.97. The van der Waals surface area contributed by atoms with Gasteiger partial charge in [-0.05, 0) is 79.9 Å². The van der Waals surface area contributed by atoms with Crippen LogP contribution in [0.1, 0.15) is 59.5 Å². The molecular formula is C32H33F2N3O4. The van der Waals surface area contributed by atoms with Crippen LogP contribution in [0.3, 0.4) is 0 Å². The van der Waals surface area contributed by atoms with Crippen molar-refractivity contribution in [2.75, 3.05) is 26.2 Å². The summed E-state index contributed by atoms with van der Waals surface area (Å²) in [6.45, 7) is 3.28. The van der Waals surface area contributed by atoms with Crippen molar-refractivity contribution in [2.24, 2.45) is 5.92 Å². The summed E-state index contributed by atoms with van der Waals surface area (Å²) in [6.07, 6.45) is 9.64. The molecule has 0 spiro atoms. The highest BCUT2D eigenvalue weighted by atomic mass is 19.1. The number of amides is 3. The van der Waals surface area contributed by atoms with Crippen LogP contribution in [0.25, 0.3) is 0 Å². The first-order chi connectivity index (χ1) is 19.9. The third kappa shape index (κ3) is 5.81. The number of fused-ring (bicyclic) bond motifs is 1. The van der Waals surface area contributed by atoms with E-state index < -0.39 is 23.6 Å². The van der Waals surface area contributed by atoms with E-state index in [2.05, 4.69) is 28.4 Å². The summed E-state index contributed by atoms with van der Waals surface area (Å²) >= 11 is 0. The van der Waals surface area contributed by atoms with E-state index in [0.717, 1.165) is 56.1 Å². The van der Waals surface area contributed by atoms with Crippen molar-refractivity contribution in [1.82, 2.24) is 15.1 Å². The van der Waals surface area contributed by atoms with Gasteiger partial charge in [0.25, 0.3) is 5.91 Å². The molecule has 0 aromatic heterocycles. The Balaban J connectivity index is 1.04. The maximum atomic E-state index is 14.2. The van der Waals surface area contributed by atoms with E-state index in [-0.39, 0.29) is 30.7 Å². The number of nitrogens with zero attached hydrogens (tertiary/aromatic N) is 2. The first-order valence-corrected chi connectivity index (χ1v) is 14.3. The van der Waals surface area contributed by atoms with Gasteiger partial charge in [-0.25, -0.2) is 8.78 Å². The fraction of sp³-hybridized carbons (Fsp3) is 0.406. The number of carbonyl (C=O) groups excluding carboxylic acids is 3. The number of rotatable bonds is 7. The Kier molecular flexibility index (Phi) is 7.71. The smallest absolute Gasteiger partial charge is 0.255 e. The van der Waals surface area contributed by atoms with Crippen LogP contribution in [0.4, 0.5) is 8.78 Å². The van der Waals surface area contributed by atoms with Crippen LogP contribution < -0.4 is 10.1 Å². The average Bonchev–Trinajstić information content (AvgIpc) is 3.29. The maximum Gasteiger partial charge on any atom is 0.255 e. The van der Waals surface area contributed by atoms with E-state index in [0.29, 0.717) is 35.8 Å². The van der Waals surface area contributed by atoms with Crippen molar-refractivity contribution < 1.29 is 27.9 Å². The number of piperidine rings is 2. The predicted molar refractivity (Wildman–Crippen MR) is 148 cm³/mol. The van der Waals surface area contributed by atoms with Crippen molar-refractivity contribution >= 4 is 17.7 Å². The molecule has 3 amide bonds. The lowest BCUT2D eigenvalue weighted by Crippen LogP contribution is -2.52. The Bertz CT molecular complexity index is 1430. The first kappa shape index (κ1) is 27.3. The second-order valence-corrected chi connectivity index (χ2v) is 11.4. The van der Waals surface area contributed by atoms with Gasteiger partial charge in [-0.15, -0.1) is 0 Å². The zero-order chi connectivity index (χ0) is 28.5. The summed E-state index contributed by atoms with van der Waals surface area (Å²) in [4.78, 5) is 41.0. The lowest BCUT2D eigenvalue weighted by molar-refractivity contribution is -0.136. The van der Waals surface area contributed by atoms with Gasteiger partial charge in [0.1, 0.15) is 30.0 Å². The van der Waals surface area contributed by atoms with E-state index in [1.807, 2.05) is 6.07 Å². The number of ether oxygens (including phenoxy) is 1. The molecule has 3 aliphatic heterocycles. The number of benzene rings is 2. The Morgan fingerprint density at radius 1 is 1.02 bits per heavy atom. The third-order valence-corrected chi connectivity index (χ3v) is 8.64. The van der Waals surface area contributed by atoms with Gasteiger partial charge in [-0.2, -0.15) is 0 Å². The average molecular weight is 562 g/mol. The second-order valence-electron chi connectivity index (χ2n) is 11.4. The zero-order valence-corrected chi connectivity index (χ0v) is 22.8. The van der Waals surface area contributed by atoms with Crippen LogP contribution in [0.15, 0.2) is 60.2 Å². The molecule has 214 valence electrons. The van der Waals surface area contributed by atoms with Crippen LogP contribution >= 0.6 is 0 Å². The standard InChI is InChI=1S/C32H33F2N3O4/c33-23-7-8-24(27(34)16-23)22-11-13-36(14-12-22)17-20-3-1-4-21(15-20)19-41-29-6-2-5-25-26(29)18-37(32(25)40)28-9-10-30(38)35-31(28)39/h1-2,4-8,15-16,20,22,28H,3,9-14,17-19H2,(H,35,38,39). The lowest BCUT2D eigenvalue weighted by Gasteiger charge is -2.34. The van der Waals surface area contributed by atoms with Crippen LogP contribution in [0, 0.1) is 17.6 Å². The molecule has 0 radical (unpaired) electrons. The molecule has 9 heteroatoms. The van der Waals surface area contributed by atoms with Gasteiger partial charge in [0.15, 0.2) is 0 Å². The molecule has 2 fully saturated rings. The molecule has 1 N–H and O–H groups in total. The van der Waals surface area contributed by atoms with Gasteiger partial charge in [-0.3, -0.25) is 19.7 Å². The molecule has 2 atom stereocenters. The quantitative estimate of drug-likeness (QED) is 0.505. The molecule has 2 aromatic carbocycles. The minimum Gasteiger partial charge on any atom is -0.489 e. The molecule has 41 heavy (non-hydrogen) atoms. The van der Waals surface area contributed by atoms with Crippen LogP contribution in [-0.2, 0) is 16.1 Å². The van der Waals surface area contributed by atoms with Crippen molar-refractivity contribution in [1.29, 1.82) is 0 Å². The van der Waals surface area contributed by atoms with Gasteiger partial charge in [-0.1, -0.05) is 30.4 Å². The topological polar surface area (TPSA) is 79.0 Å². The monoisotopic (exact) mass is 561 g/mol. The van der Waals surface area contributed by atoms with E-state index >= 15 is 0 Å². The Labute approximate surface area is 237 Å². The minimum absolute atomic E-state index is 0.114. The van der Waals surface area contributed by atoms with E-state index in [1.165, 1.54) is 11.0 Å². The largest absolute Gasteiger partial charge is 0.489 e. The number of hydrogen-bond acceptors (Lipinski definition) is 5. The van der Waals surface area contributed by atoms with Crippen LogP contribution in [0.2, 0.25) is 0 Å². The maximum absolute atomic E-state index is 14.2. The van der Waals surface area contributed by atoms with Crippen molar-refractivity contribution in [3.05, 3.63) is 88.5 Å². The van der Waals surface area contributed by atoms with Gasteiger partial charge in [0.2, 0.25) is 11.8 Å². The number of nitrogens with one attached hydrogen (secondary N) is 1. The molecule has 3 heterocycles. The van der Waals surface area contributed by atoms with Crippen molar-refractivity contribution in [3.8, 4) is 5.75 Å². The van der Waals surface area contributed by atoms with Crippen LogP contribution in [-0.4, -0.2) is 59.8 Å². The van der Waals surface area contributed by atoms with E-state index in [4.69, 9.17) is 4.74 Å². The SMILES string of the molecule is O=C1CCC(N2Cc3c(OCC4=CC(CN5CCC(c6ccc(F)cc6F)CC5)CC=C4)cccc3C2=O)C(=O)N1. The molecule has 0 saturated carbocycles. The second kappa shape index (κ2) is 11.6. The number of halogens is 2. The molecule has 4 aliphatic rings. The van der Waals surface area contributed by atoms with Gasteiger partial charge in [0.05, 0.1) is 6.54 Å². The first-order valence-electron chi connectivity index (χ1n) is 14.3. The molecule has 2 saturated heterocycles. The summed E-state index contributed by atoms with van der Waals surface area (Å²) in [5.74, 6) is -0.881. The minimum atomic E-state index is -0.662. The van der Waals surface area contributed by atoms with Crippen LogP contribution in [0.5, 0.6) is 5.75 Å². The highest BCUT2D eigenvalue weighted by Gasteiger charge is 2.40. The summed E-state index contributed by atoms with van der Waals surface area (Å²) < 4.78 is 33.7. The number of allylic oxidation sites excluding steroid dienone is 1. The predicted octanol–water partition coefficient (Wildman–Crippen LogP) is 4.49. The number of imide groups is 1. The summed E-state index contributed by atoms with van der Waals surface area (Å²) in [6, 6.07) is 8.61. The van der Waals surface area contributed by atoms with Gasteiger partial charge >= 0.3 is 0 Å². The van der Waals surface area contributed by atoms with E-state index in [9.17, 15) is 23.2 Å². The number of hydrogen-bond donors (Lipinski definition) is 1. The van der Waals surface area contributed by atoms with Gasteiger partial charge in [0, 0.05) is 30.2 Å². The molecule has 6 rings (SSSR count). The molecular weight excluding hydrogens is 528 g/mol. The lowest BCUT2D eigenvalue weighted by atomic mass is 9.88. The Morgan fingerprint density at radius 2 is 1.85 bits per heavy atom. The number of likely N-dealkylation sites (tertiary alicyclic amines) is 1.